The smallest absolute Gasteiger partial charge is 0.210 e. The van der Waals surface area contributed by atoms with Crippen molar-refractivity contribution in [2.45, 2.75) is 6.42 Å². The van der Waals surface area contributed by atoms with E-state index in [-0.39, 0.29) is 29.7 Å². The monoisotopic (exact) mass is 391 g/mol. The number of carbonyl (C=O) groups excluding carboxylic acids is 1. The number of hydrogen-bond donors (Lipinski definition) is 1. The number of ether oxygens (including phenoxy) is 1. The molecule has 0 saturated heterocycles. The lowest BCUT2D eigenvalue weighted by atomic mass is 10.3. The Morgan fingerprint density at radius 3 is 2.75 bits per heavy atom. The summed E-state index contributed by atoms with van der Waals surface area (Å²) in [6.07, 6.45) is 1.59. The summed E-state index contributed by atoms with van der Waals surface area (Å²) in [5, 5.41) is 0.0986. The molecule has 0 spiro atoms. The zero-order valence-electron chi connectivity index (χ0n) is 12.7. The summed E-state index contributed by atoms with van der Waals surface area (Å²) < 4.78 is 42.6. The Balaban J connectivity index is 1.89. The summed E-state index contributed by atoms with van der Waals surface area (Å²) in [6.45, 7) is 0.0571. The van der Waals surface area contributed by atoms with Gasteiger partial charge in [-0.1, -0.05) is 11.6 Å². The molecule has 0 aliphatic heterocycles. The van der Waals surface area contributed by atoms with E-state index in [9.17, 15) is 17.6 Å². The molecule has 1 heterocycles. The van der Waals surface area contributed by atoms with Crippen LogP contribution < -0.4 is 9.46 Å². The van der Waals surface area contributed by atoms with Crippen LogP contribution in [0.15, 0.2) is 30.3 Å². The van der Waals surface area contributed by atoms with E-state index in [0.717, 1.165) is 17.2 Å². The van der Waals surface area contributed by atoms with E-state index < -0.39 is 15.8 Å². The van der Waals surface area contributed by atoms with Crippen LogP contribution in [0.1, 0.15) is 14.5 Å². The minimum atomic E-state index is -3.22. The van der Waals surface area contributed by atoms with Gasteiger partial charge in [-0.15, -0.1) is 11.3 Å². The molecule has 24 heavy (non-hydrogen) atoms. The highest BCUT2D eigenvalue weighted by Gasteiger charge is 2.12. The van der Waals surface area contributed by atoms with Gasteiger partial charge in [0.15, 0.2) is 6.61 Å². The molecule has 0 amide bonds. The standard InChI is InChI=1S/C15H15ClFNO4S2/c1-24(20,21)18-7-6-11-3-5-15(23-11)13(19)9-22-14-4-2-10(17)8-12(14)16/h2-5,8,18H,6-7,9H2,1H3. The molecular formula is C15H15ClFNO4S2. The molecule has 0 aliphatic rings. The van der Waals surface area contributed by atoms with Crippen LogP contribution >= 0.6 is 22.9 Å². The van der Waals surface area contributed by atoms with E-state index in [1.54, 1.807) is 12.1 Å². The Morgan fingerprint density at radius 2 is 2.08 bits per heavy atom. The molecule has 0 saturated carbocycles. The van der Waals surface area contributed by atoms with Gasteiger partial charge in [0.25, 0.3) is 0 Å². The first-order valence-corrected chi connectivity index (χ1v) is 9.97. The van der Waals surface area contributed by atoms with Crippen LogP contribution in [0.4, 0.5) is 4.39 Å². The molecule has 1 aromatic carbocycles. The molecule has 0 aliphatic carbocycles. The molecule has 1 aromatic heterocycles. The predicted octanol–water partition coefficient (Wildman–Crippen LogP) is 2.89. The van der Waals surface area contributed by atoms with Crippen molar-refractivity contribution in [2.24, 2.45) is 0 Å². The highest BCUT2D eigenvalue weighted by Crippen LogP contribution is 2.25. The first kappa shape index (κ1) is 18.9. The van der Waals surface area contributed by atoms with Gasteiger partial charge in [-0.05, 0) is 36.8 Å². The number of sulfonamides is 1. The number of carbonyl (C=O) groups is 1. The van der Waals surface area contributed by atoms with Crippen LogP contribution in [0.2, 0.25) is 5.02 Å². The van der Waals surface area contributed by atoms with E-state index >= 15 is 0 Å². The molecule has 2 rings (SSSR count). The second kappa shape index (κ2) is 8.06. The zero-order chi connectivity index (χ0) is 17.7. The van der Waals surface area contributed by atoms with Gasteiger partial charge in [0, 0.05) is 11.4 Å². The third-order valence-electron chi connectivity index (χ3n) is 2.92. The van der Waals surface area contributed by atoms with Crippen molar-refractivity contribution < 1.29 is 22.3 Å². The normalized spacial score (nSPS) is 11.5. The molecule has 2 aromatic rings. The number of Topliss-reactive ketones (excluding diaryl/α,β-unsaturated/α-hetero) is 1. The first-order valence-electron chi connectivity index (χ1n) is 6.89. The summed E-state index contributed by atoms with van der Waals surface area (Å²) in [6, 6.07) is 7.11. The largest absolute Gasteiger partial charge is 0.484 e. The Morgan fingerprint density at radius 1 is 1.33 bits per heavy atom. The Hall–Kier alpha value is -1.48. The van der Waals surface area contributed by atoms with Gasteiger partial charge >= 0.3 is 0 Å². The minimum Gasteiger partial charge on any atom is -0.484 e. The van der Waals surface area contributed by atoms with E-state index in [1.165, 1.54) is 23.5 Å². The minimum absolute atomic E-state index is 0.0986. The van der Waals surface area contributed by atoms with Crippen LogP contribution in [0.3, 0.4) is 0 Å². The van der Waals surface area contributed by atoms with Gasteiger partial charge in [-0.3, -0.25) is 4.79 Å². The number of rotatable bonds is 8. The highest BCUT2D eigenvalue weighted by molar-refractivity contribution is 7.88. The lowest BCUT2D eigenvalue weighted by Crippen LogP contribution is -2.24. The second-order valence-corrected chi connectivity index (χ2v) is 8.38. The van der Waals surface area contributed by atoms with Gasteiger partial charge in [-0.25, -0.2) is 17.5 Å². The summed E-state index contributed by atoms with van der Waals surface area (Å²) in [5.74, 6) is -0.479. The SMILES string of the molecule is CS(=O)(=O)NCCc1ccc(C(=O)COc2ccc(F)cc2Cl)s1. The molecule has 1 N–H and O–H groups in total. The molecule has 5 nitrogen and oxygen atoms in total. The summed E-state index contributed by atoms with van der Waals surface area (Å²) in [5.41, 5.74) is 0. The van der Waals surface area contributed by atoms with Crippen LogP contribution in [0.5, 0.6) is 5.75 Å². The maximum atomic E-state index is 12.9. The van der Waals surface area contributed by atoms with E-state index in [4.69, 9.17) is 16.3 Å². The molecule has 9 heteroatoms. The number of halogens is 2. The molecule has 0 fully saturated rings. The molecule has 0 atom stereocenters. The van der Waals surface area contributed by atoms with E-state index in [1.807, 2.05) is 0 Å². The lowest BCUT2D eigenvalue weighted by Gasteiger charge is -2.06. The Labute approximate surface area is 148 Å². The van der Waals surface area contributed by atoms with Crippen molar-refractivity contribution in [2.75, 3.05) is 19.4 Å². The van der Waals surface area contributed by atoms with Crippen molar-refractivity contribution >= 4 is 38.7 Å². The fourth-order valence-corrected chi connectivity index (χ4v) is 3.45. The van der Waals surface area contributed by atoms with Crippen molar-refractivity contribution in [3.05, 3.63) is 50.9 Å². The average Bonchev–Trinajstić information content (AvgIpc) is 2.93. The van der Waals surface area contributed by atoms with Gasteiger partial charge in [0.1, 0.15) is 11.6 Å². The molecule has 0 unspecified atom stereocenters. The summed E-state index contributed by atoms with van der Waals surface area (Å²) >= 11 is 7.10. The number of nitrogens with one attached hydrogen (secondary N) is 1. The van der Waals surface area contributed by atoms with E-state index in [0.29, 0.717) is 11.3 Å². The van der Waals surface area contributed by atoms with Crippen LogP contribution in [0, 0.1) is 5.82 Å². The number of ketones is 1. The molecular weight excluding hydrogens is 377 g/mol. The Kier molecular flexibility index (Phi) is 6.34. The van der Waals surface area contributed by atoms with Crippen LogP contribution in [-0.2, 0) is 16.4 Å². The van der Waals surface area contributed by atoms with Crippen LogP contribution in [-0.4, -0.2) is 33.6 Å². The average molecular weight is 392 g/mol. The quantitative estimate of drug-likeness (QED) is 0.702. The first-order chi connectivity index (χ1) is 11.2. The fourth-order valence-electron chi connectivity index (χ4n) is 1.83. The van der Waals surface area contributed by atoms with Gasteiger partial charge in [0.2, 0.25) is 15.8 Å². The van der Waals surface area contributed by atoms with Crippen molar-refractivity contribution in [1.29, 1.82) is 0 Å². The molecule has 130 valence electrons. The maximum Gasteiger partial charge on any atom is 0.210 e. The summed E-state index contributed by atoms with van der Waals surface area (Å²) in [7, 11) is -3.22. The lowest BCUT2D eigenvalue weighted by molar-refractivity contribution is 0.0925. The van der Waals surface area contributed by atoms with Gasteiger partial charge in [0.05, 0.1) is 16.2 Å². The zero-order valence-corrected chi connectivity index (χ0v) is 15.1. The third-order valence-corrected chi connectivity index (χ3v) is 5.13. The summed E-state index contributed by atoms with van der Waals surface area (Å²) in [4.78, 5) is 13.5. The maximum absolute atomic E-state index is 12.9. The topological polar surface area (TPSA) is 72.5 Å². The highest BCUT2D eigenvalue weighted by atomic mass is 35.5. The molecule has 0 radical (unpaired) electrons. The second-order valence-electron chi connectivity index (χ2n) is 4.97. The van der Waals surface area contributed by atoms with Crippen LogP contribution in [0.25, 0.3) is 0 Å². The molecule has 0 bridgehead atoms. The predicted molar refractivity (Wildman–Crippen MR) is 92.1 cm³/mol. The van der Waals surface area contributed by atoms with Crippen molar-refractivity contribution in [1.82, 2.24) is 4.72 Å². The van der Waals surface area contributed by atoms with Gasteiger partial charge in [-0.2, -0.15) is 0 Å². The van der Waals surface area contributed by atoms with Gasteiger partial charge < -0.3 is 4.74 Å². The van der Waals surface area contributed by atoms with Crippen molar-refractivity contribution in [3.63, 3.8) is 0 Å². The number of benzene rings is 1. The fraction of sp³-hybridized carbons (Fsp3) is 0.267. The van der Waals surface area contributed by atoms with E-state index in [2.05, 4.69) is 4.72 Å². The third kappa shape index (κ3) is 5.86. The van der Waals surface area contributed by atoms with Crippen molar-refractivity contribution in [3.8, 4) is 5.75 Å². The number of hydrogen-bond acceptors (Lipinski definition) is 5. The number of thiophene rings is 1. The Bertz CT molecular complexity index is 836.